The van der Waals surface area contributed by atoms with Crippen molar-refractivity contribution in [1.82, 2.24) is 0 Å². The van der Waals surface area contributed by atoms with Crippen LogP contribution >= 0.6 is 0 Å². The van der Waals surface area contributed by atoms with Gasteiger partial charge in [0.2, 0.25) is 0 Å². The summed E-state index contributed by atoms with van der Waals surface area (Å²) in [6.45, 7) is 0.736. The van der Waals surface area contributed by atoms with Gasteiger partial charge in [-0.2, -0.15) is 0 Å². The normalized spacial score (nSPS) is 11.3. The first-order valence-corrected chi connectivity index (χ1v) is 12.1. The zero-order valence-corrected chi connectivity index (χ0v) is 17.6. The number of aryl methyl sites for hydroxylation is 1. The summed E-state index contributed by atoms with van der Waals surface area (Å²) in [4.78, 5) is 0. The monoisotopic (exact) mass is 394 g/mol. The van der Waals surface area contributed by atoms with Crippen molar-refractivity contribution in [3.63, 3.8) is 0 Å². The third-order valence-electron chi connectivity index (χ3n) is 5.31. The van der Waals surface area contributed by atoms with Crippen molar-refractivity contribution in [2.45, 2.75) is 12.8 Å². The SMILES string of the molecule is c1ccc(CCCO[Si](c2ccccc2)(c2ccccc2)c2ccccc2)cc1. The van der Waals surface area contributed by atoms with Crippen molar-refractivity contribution >= 4 is 23.9 Å². The first-order valence-electron chi connectivity index (χ1n) is 10.2. The van der Waals surface area contributed by atoms with Gasteiger partial charge in [0.15, 0.2) is 0 Å². The van der Waals surface area contributed by atoms with E-state index in [2.05, 4.69) is 121 Å². The molecule has 4 rings (SSSR count). The van der Waals surface area contributed by atoms with Gasteiger partial charge in [0.25, 0.3) is 8.32 Å². The van der Waals surface area contributed by atoms with Gasteiger partial charge in [-0.3, -0.25) is 0 Å². The Morgan fingerprint density at radius 1 is 0.483 bits per heavy atom. The Labute approximate surface area is 174 Å². The van der Waals surface area contributed by atoms with Gasteiger partial charge >= 0.3 is 0 Å². The van der Waals surface area contributed by atoms with Crippen molar-refractivity contribution in [2.75, 3.05) is 6.61 Å². The minimum atomic E-state index is -2.56. The smallest absolute Gasteiger partial charge is 0.288 e. The van der Waals surface area contributed by atoms with E-state index in [9.17, 15) is 0 Å². The largest absolute Gasteiger partial charge is 0.404 e. The number of rotatable bonds is 8. The molecule has 0 spiro atoms. The Hall–Kier alpha value is -2.94. The third-order valence-corrected chi connectivity index (χ3v) is 9.39. The molecular weight excluding hydrogens is 368 g/mol. The molecular formula is C27H26OSi. The van der Waals surface area contributed by atoms with Crippen LogP contribution in [-0.4, -0.2) is 14.9 Å². The molecule has 2 heteroatoms. The predicted molar refractivity (Wildman–Crippen MR) is 125 cm³/mol. The molecule has 144 valence electrons. The van der Waals surface area contributed by atoms with Crippen LogP contribution in [0.5, 0.6) is 0 Å². The van der Waals surface area contributed by atoms with Crippen LogP contribution in [0.1, 0.15) is 12.0 Å². The predicted octanol–water partition coefficient (Wildman–Crippen LogP) is 4.30. The van der Waals surface area contributed by atoms with Gasteiger partial charge in [0.1, 0.15) is 0 Å². The second kappa shape index (κ2) is 9.51. The van der Waals surface area contributed by atoms with Crippen LogP contribution in [0.25, 0.3) is 0 Å². The molecule has 0 unspecified atom stereocenters. The van der Waals surface area contributed by atoms with E-state index < -0.39 is 8.32 Å². The fourth-order valence-electron chi connectivity index (χ4n) is 3.91. The fourth-order valence-corrected chi connectivity index (χ4v) is 7.85. The molecule has 0 bridgehead atoms. The van der Waals surface area contributed by atoms with E-state index in [-0.39, 0.29) is 0 Å². The number of hydrogen-bond donors (Lipinski definition) is 0. The van der Waals surface area contributed by atoms with E-state index in [1.54, 1.807) is 0 Å². The molecule has 0 aliphatic carbocycles. The van der Waals surface area contributed by atoms with Crippen molar-refractivity contribution in [1.29, 1.82) is 0 Å². The second-order valence-corrected chi connectivity index (χ2v) is 10.6. The average molecular weight is 395 g/mol. The average Bonchev–Trinajstić information content (AvgIpc) is 2.82. The first-order chi connectivity index (χ1) is 14.4. The van der Waals surface area contributed by atoms with E-state index >= 15 is 0 Å². The lowest BCUT2D eigenvalue weighted by atomic mass is 10.1. The van der Waals surface area contributed by atoms with Gasteiger partial charge in [-0.05, 0) is 34.0 Å². The van der Waals surface area contributed by atoms with Crippen LogP contribution in [0.15, 0.2) is 121 Å². The molecule has 1 nitrogen and oxygen atoms in total. The van der Waals surface area contributed by atoms with Crippen molar-refractivity contribution in [3.05, 3.63) is 127 Å². The van der Waals surface area contributed by atoms with Crippen LogP contribution in [0.3, 0.4) is 0 Å². The Morgan fingerprint density at radius 3 is 1.28 bits per heavy atom. The highest BCUT2D eigenvalue weighted by atomic mass is 28.4. The summed E-state index contributed by atoms with van der Waals surface area (Å²) in [6.07, 6.45) is 2.04. The van der Waals surface area contributed by atoms with Crippen LogP contribution in [0.4, 0.5) is 0 Å². The minimum Gasteiger partial charge on any atom is -0.404 e. The summed E-state index contributed by atoms with van der Waals surface area (Å²) in [7, 11) is -2.56. The fraction of sp³-hybridized carbons (Fsp3) is 0.111. The maximum absolute atomic E-state index is 6.95. The summed E-state index contributed by atoms with van der Waals surface area (Å²) in [5, 5.41) is 3.87. The van der Waals surface area contributed by atoms with E-state index in [4.69, 9.17) is 4.43 Å². The van der Waals surface area contributed by atoms with Gasteiger partial charge in [0, 0.05) is 6.61 Å². The molecule has 0 heterocycles. The lowest BCUT2D eigenvalue weighted by molar-refractivity contribution is 0.316. The minimum absolute atomic E-state index is 0.736. The number of hydrogen-bond acceptors (Lipinski definition) is 1. The van der Waals surface area contributed by atoms with Gasteiger partial charge in [-0.15, -0.1) is 0 Å². The molecule has 0 aromatic heterocycles. The van der Waals surface area contributed by atoms with Crippen LogP contribution < -0.4 is 15.6 Å². The summed E-state index contributed by atoms with van der Waals surface area (Å²) < 4.78 is 6.95. The van der Waals surface area contributed by atoms with Gasteiger partial charge < -0.3 is 4.43 Å². The molecule has 0 saturated heterocycles. The molecule has 4 aromatic rings. The van der Waals surface area contributed by atoms with Gasteiger partial charge in [-0.1, -0.05) is 121 Å². The quantitative estimate of drug-likeness (QED) is 0.246. The molecule has 0 atom stereocenters. The topological polar surface area (TPSA) is 9.23 Å². The summed E-state index contributed by atoms with van der Waals surface area (Å²) in [5.41, 5.74) is 1.36. The maximum atomic E-state index is 6.95. The third kappa shape index (κ3) is 4.39. The molecule has 0 fully saturated rings. The van der Waals surface area contributed by atoms with Crippen molar-refractivity contribution in [2.24, 2.45) is 0 Å². The van der Waals surface area contributed by atoms with Gasteiger partial charge in [0.05, 0.1) is 0 Å². The zero-order chi connectivity index (χ0) is 19.8. The number of benzene rings is 4. The maximum Gasteiger partial charge on any atom is 0.288 e. The Morgan fingerprint density at radius 2 is 0.862 bits per heavy atom. The molecule has 0 N–H and O–H groups in total. The molecule has 0 aliphatic heterocycles. The van der Waals surface area contributed by atoms with E-state index in [1.165, 1.54) is 21.1 Å². The highest BCUT2D eigenvalue weighted by Crippen LogP contribution is 2.11. The summed E-state index contributed by atoms with van der Waals surface area (Å²) in [5.74, 6) is 0. The Balaban J connectivity index is 1.70. The van der Waals surface area contributed by atoms with E-state index in [0.717, 1.165) is 19.4 Å². The Kier molecular flexibility index (Phi) is 6.35. The standard InChI is InChI=1S/C27H26OSi/c1-5-14-24(15-6-1)16-13-23-28-29(25-17-7-2-8-18-25,26-19-9-3-10-20-26)27-21-11-4-12-22-27/h1-12,14-15,17-22H,13,16,23H2. The highest BCUT2D eigenvalue weighted by Gasteiger charge is 2.41. The molecule has 0 aliphatic rings. The highest BCUT2D eigenvalue weighted by molar-refractivity contribution is 7.07. The zero-order valence-electron chi connectivity index (χ0n) is 16.6. The van der Waals surface area contributed by atoms with E-state index in [1.807, 2.05) is 0 Å². The van der Waals surface area contributed by atoms with Crippen molar-refractivity contribution in [3.8, 4) is 0 Å². The summed E-state index contributed by atoms with van der Waals surface area (Å²) >= 11 is 0. The van der Waals surface area contributed by atoms with Gasteiger partial charge in [-0.25, -0.2) is 0 Å². The van der Waals surface area contributed by atoms with Crippen molar-refractivity contribution < 1.29 is 4.43 Å². The first kappa shape index (κ1) is 19.4. The molecule has 29 heavy (non-hydrogen) atoms. The molecule has 0 saturated carbocycles. The van der Waals surface area contributed by atoms with E-state index in [0.29, 0.717) is 0 Å². The van der Waals surface area contributed by atoms with Crippen LogP contribution in [0, 0.1) is 0 Å². The summed E-state index contributed by atoms with van der Waals surface area (Å²) in [6, 6.07) is 43.0. The lowest BCUT2D eigenvalue weighted by Gasteiger charge is -2.33. The second-order valence-electron chi connectivity index (χ2n) is 7.22. The molecule has 0 radical (unpaired) electrons. The molecule has 0 amide bonds. The molecule has 4 aromatic carbocycles. The van der Waals surface area contributed by atoms with Crippen LogP contribution in [-0.2, 0) is 10.8 Å². The van der Waals surface area contributed by atoms with Crippen LogP contribution in [0.2, 0.25) is 0 Å². The Bertz CT molecular complexity index is 889. The lowest BCUT2D eigenvalue weighted by Crippen LogP contribution is -2.69.